The van der Waals surface area contributed by atoms with E-state index in [0.717, 1.165) is 22.4 Å². The standard InChI is InChI=1S/C26H29N3O3/c1-19(20-9-11-21(12-10-20)23-13-15-27-18-28-23)29-16-14-26(32-24(29)30,17-25(2,3)31)22-7-5-4-6-8-22/h4-13,15,18-19,31H,14,16-17H2,1-3H3/t19-,26?/m0/s1. The van der Waals surface area contributed by atoms with Crippen LogP contribution in [0.25, 0.3) is 11.3 Å². The van der Waals surface area contributed by atoms with E-state index in [9.17, 15) is 9.90 Å². The SMILES string of the molecule is C[C@@H](c1ccc(-c2ccncn2)cc1)N1CCC(CC(C)(C)O)(c2ccccc2)OC1=O. The summed E-state index contributed by atoms with van der Waals surface area (Å²) in [4.78, 5) is 23.2. The van der Waals surface area contributed by atoms with Crippen LogP contribution in [0.2, 0.25) is 0 Å². The molecule has 6 heteroatoms. The quantitative estimate of drug-likeness (QED) is 0.587. The molecule has 0 saturated carbocycles. The minimum Gasteiger partial charge on any atom is -0.438 e. The molecule has 1 unspecified atom stereocenters. The van der Waals surface area contributed by atoms with Gasteiger partial charge in [-0.1, -0.05) is 54.6 Å². The second kappa shape index (κ2) is 8.71. The number of aliphatic hydroxyl groups is 1. The monoisotopic (exact) mass is 431 g/mol. The van der Waals surface area contributed by atoms with Gasteiger partial charge in [0.2, 0.25) is 0 Å². The van der Waals surface area contributed by atoms with Crippen LogP contribution < -0.4 is 0 Å². The Morgan fingerprint density at radius 1 is 1.12 bits per heavy atom. The summed E-state index contributed by atoms with van der Waals surface area (Å²) in [6.45, 7) is 6.05. The van der Waals surface area contributed by atoms with Crippen molar-refractivity contribution in [2.75, 3.05) is 6.54 Å². The third kappa shape index (κ3) is 4.65. The lowest BCUT2D eigenvalue weighted by Crippen LogP contribution is -2.51. The van der Waals surface area contributed by atoms with E-state index in [1.54, 1.807) is 24.9 Å². The van der Waals surface area contributed by atoms with E-state index in [2.05, 4.69) is 9.97 Å². The Morgan fingerprint density at radius 2 is 1.84 bits per heavy atom. The molecule has 0 aliphatic carbocycles. The number of cyclic esters (lactones) is 1. The van der Waals surface area contributed by atoms with Crippen molar-refractivity contribution in [3.8, 4) is 11.3 Å². The minimum atomic E-state index is -0.971. The molecule has 1 saturated heterocycles. The van der Waals surface area contributed by atoms with Crippen molar-refractivity contribution < 1.29 is 14.6 Å². The molecule has 0 bridgehead atoms. The van der Waals surface area contributed by atoms with Crippen molar-refractivity contribution in [3.05, 3.63) is 84.3 Å². The molecule has 1 aliphatic heterocycles. The van der Waals surface area contributed by atoms with Crippen LogP contribution in [-0.4, -0.2) is 38.2 Å². The molecule has 0 spiro atoms. The van der Waals surface area contributed by atoms with E-state index in [0.29, 0.717) is 19.4 Å². The normalized spacial score (nSPS) is 20.0. The number of aromatic nitrogens is 2. The summed E-state index contributed by atoms with van der Waals surface area (Å²) in [6, 6.07) is 19.5. The molecule has 1 amide bonds. The average Bonchev–Trinajstić information content (AvgIpc) is 2.79. The zero-order chi connectivity index (χ0) is 22.8. The second-order valence-electron chi connectivity index (χ2n) is 9.05. The maximum atomic E-state index is 13.2. The van der Waals surface area contributed by atoms with Crippen molar-refractivity contribution in [2.45, 2.75) is 50.9 Å². The second-order valence-corrected chi connectivity index (χ2v) is 9.05. The van der Waals surface area contributed by atoms with Gasteiger partial charge in [-0.15, -0.1) is 0 Å². The van der Waals surface area contributed by atoms with Crippen molar-refractivity contribution in [1.29, 1.82) is 0 Å². The largest absolute Gasteiger partial charge is 0.438 e. The fourth-order valence-electron chi connectivity index (χ4n) is 4.47. The van der Waals surface area contributed by atoms with Gasteiger partial charge in [0.05, 0.1) is 17.3 Å². The molecule has 32 heavy (non-hydrogen) atoms. The molecule has 2 aromatic carbocycles. The lowest BCUT2D eigenvalue weighted by molar-refractivity contribution is -0.101. The molecule has 1 N–H and O–H groups in total. The maximum Gasteiger partial charge on any atom is 0.411 e. The predicted molar refractivity (Wildman–Crippen MR) is 123 cm³/mol. The molecule has 4 rings (SSSR count). The summed E-state index contributed by atoms with van der Waals surface area (Å²) < 4.78 is 6.09. The van der Waals surface area contributed by atoms with Gasteiger partial charge in [-0.25, -0.2) is 14.8 Å². The molecular formula is C26H29N3O3. The molecule has 0 radical (unpaired) electrons. The van der Waals surface area contributed by atoms with Crippen LogP contribution in [0.15, 0.2) is 73.2 Å². The van der Waals surface area contributed by atoms with Gasteiger partial charge in [-0.05, 0) is 38.0 Å². The molecule has 2 heterocycles. The van der Waals surface area contributed by atoms with E-state index in [-0.39, 0.29) is 12.1 Å². The summed E-state index contributed by atoms with van der Waals surface area (Å²) in [7, 11) is 0. The molecule has 166 valence electrons. The number of nitrogens with zero attached hydrogens (tertiary/aromatic N) is 3. The number of hydrogen-bond donors (Lipinski definition) is 1. The Balaban J connectivity index is 1.54. The van der Waals surface area contributed by atoms with Gasteiger partial charge in [0.25, 0.3) is 0 Å². The van der Waals surface area contributed by atoms with Crippen molar-refractivity contribution in [1.82, 2.24) is 14.9 Å². The first kappa shape index (κ1) is 22.0. The van der Waals surface area contributed by atoms with E-state index in [1.165, 1.54) is 6.33 Å². The number of amides is 1. The van der Waals surface area contributed by atoms with E-state index in [4.69, 9.17) is 4.74 Å². The highest BCUT2D eigenvalue weighted by Gasteiger charge is 2.46. The van der Waals surface area contributed by atoms with Gasteiger partial charge in [-0.2, -0.15) is 0 Å². The highest BCUT2D eigenvalue weighted by Crippen LogP contribution is 2.42. The molecule has 1 aromatic heterocycles. The van der Waals surface area contributed by atoms with Gasteiger partial charge in [-0.3, -0.25) is 0 Å². The van der Waals surface area contributed by atoms with Crippen LogP contribution in [0.5, 0.6) is 0 Å². The zero-order valence-electron chi connectivity index (χ0n) is 18.7. The molecule has 6 nitrogen and oxygen atoms in total. The Hall–Kier alpha value is -3.25. The van der Waals surface area contributed by atoms with Crippen molar-refractivity contribution in [3.63, 3.8) is 0 Å². The number of carbonyl (C=O) groups is 1. The first-order chi connectivity index (χ1) is 15.3. The number of carbonyl (C=O) groups excluding carboxylic acids is 1. The zero-order valence-corrected chi connectivity index (χ0v) is 18.7. The molecule has 3 aromatic rings. The summed E-state index contributed by atoms with van der Waals surface area (Å²) in [5.41, 5.74) is 1.98. The topological polar surface area (TPSA) is 75.6 Å². The summed E-state index contributed by atoms with van der Waals surface area (Å²) in [6.07, 6.45) is 3.83. The van der Waals surface area contributed by atoms with Gasteiger partial charge in [0.15, 0.2) is 0 Å². The minimum absolute atomic E-state index is 0.141. The molecular weight excluding hydrogens is 402 g/mol. The van der Waals surface area contributed by atoms with Gasteiger partial charge < -0.3 is 14.7 Å². The van der Waals surface area contributed by atoms with Crippen LogP contribution in [0, 0.1) is 0 Å². The smallest absolute Gasteiger partial charge is 0.411 e. The van der Waals surface area contributed by atoms with Crippen LogP contribution in [0.1, 0.15) is 50.8 Å². The highest BCUT2D eigenvalue weighted by molar-refractivity contribution is 5.70. The summed E-state index contributed by atoms with van der Waals surface area (Å²) in [5, 5.41) is 10.5. The summed E-state index contributed by atoms with van der Waals surface area (Å²) in [5.74, 6) is 0. The van der Waals surface area contributed by atoms with Gasteiger partial charge in [0, 0.05) is 31.1 Å². The third-order valence-corrected chi connectivity index (χ3v) is 6.03. The Bertz CT molecular complexity index is 1050. The Kier molecular flexibility index (Phi) is 5.98. The number of benzene rings is 2. The highest BCUT2D eigenvalue weighted by atomic mass is 16.6. The molecule has 1 fully saturated rings. The van der Waals surface area contributed by atoms with Crippen LogP contribution >= 0.6 is 0 Å². The lowest BCUT2D eigenvalue weighted by Gasteiger charge is -2.45. The molecule has 2 atom stereocenters. The van der Waals surface area contributed by atoms with Crippen LogP contribution in [0.4, 0.5) is 4.79 Å². The van der Waals surface area contributed by atoms with E-state index in [1.807, 2.05) is 67.6 Å². The van der Waals surface area contributed by atoms with Crippen LogP contribution in [0.3, 0.4) is 0 Å². The molecule has 1 aliphatic rings. The van der Waals surface area contributed by atoms with Gasteiger partial charge in [0.1, 0.15) is 11.9 Å². The lowest BCUT2D eigenvalue weighted by atomic mass is 9.80. The van der Waals surface area contributed by atoms with Crippen molar-refractivity contribution >= 4 is 6.09 Å². The number of hydrogen-bond acceptors (Lipinski definition) is 5. The Morgan fingerprint density at radius 3 is 2.44 bits per heavy atom. The van der Waals surface area contributed by atoms with E-state index >= 15 is 0 Å². The first-order valence-corrected chi connectivity index (χ1v) is 10.9. The maximum absolute atomic E-state index is 13.2. The summed E-state index contributed by atoms with van der Waals surface area (Å²) >= 11 is 0. The average molecular weight is 432 g/mol. The first-order valence-electron chi connectivity index (χ1n) is 10.9. The van der Waals surface area contributed by atoms with Crippen LogP contribution in [-0.2, 0) is 10.3 Å². The van der Waals surface area contributed by atoms with Gasteiger partial charge >= 0.3 is 6.09 Å². The third-order valence-electron chi connectivity index (χ3n) is 6.03. The number of ether oxygens (including phenoxy) is 1. The Labute approximate surface area is 188 Å². The predicted octanol–water partition coefficient (Wildman–Crippen LogP) is 5.10. The van der Waals surface area contributed by atoms with E-state index < -0.39 is 11.2 Å². The fraction of sp³-hybridized carbons (Fsp3) is 0.346. The van der Waals surface area contributed by atoms with Crippen molar-refractivity contribution in [2.24, 2.45) is 0 Å². The fourth-order valence-corrected chi connectivity index (χ4v) is 4.47. The number of rotatable bonds is 6.